The van der Waals surface area contributed by atoms with E-state index in [4.69, 9.17) is 21.1 Å². The minimum absolute atomic E-state index is 0.0156. The molecule has 1 saturated carbocycles. The summed E-state index contributed by atoms with van der Waals surface area (Å²) < 4.78 is 12.0. The van der Waals surface area contributed by atoms with E-state index in [9.17, 15) is 9.90 Å². The van der Waals surface area contributed by atoms with Crippen molar-refractivity contribution in [3.63, 3.8) is 0 Å². The van der Waals surface area contributed by atoms with Gasteiger partial charge in [-0.2, -0.15) is 0 Å². The summed E-state index contributed by atoms with van der Waals surface area (Å²) in [6.07, 6.45) is 2.86. The molecule has 1 N–H and O–H groups in total. The van der Waals surface area contributed by atoms with Crippen LogP contribution in [-0.2, 0) is 14.3 Å². The molecule has 5 heteroatoms. The first kappa shape index (κ1) is 21.9. The highest BCUT2D eigenvalue weighted by Crippen LogP contribution is 2.47. The van der Waals surface area contributed by atoms with Crippen molar-refractivity contribution in [2.75, 3.05) is 0 Å². The van der Waals surface area contributed by atoms with Gasteiger partial charge in [-0.1, -0.05) is 42.3 Å². The molecule has 31 heavy (non-hydrogen) atoms. The summed E-state index contributed by atoms with van der Waals surface area (Å²) in [4.78, 5) is 13.0. The van der Waals surface area contributed by atoms with Gasteiger partial charge in [0.25, 0.3) is 0 Å². The zero-order valence-electron chi connectivity index (χ0n) is 18.5. The molecular formula is C26H29ClO4. The number of aliphatic hydroxyl groups excluding tert-OH is 1. The van der Waals surface area contributed by atoms with E-state index in [2.05, 4.69) is 6.07 Å². The van der Waals surface area contributed by atoms with Crippen molar-refractivity contribution in [2.45, 2.75) is 71.2 Å². The SMILES string of the molecule is Cc1cc(-c2ccc(Cl)cc2)c(C)cc1C1=C(O)C2(CCCCC2OC(C)C)OC1=O. The van der Waals surface area contributed by atoms with Crippen LogP contribution in [0.5, 0.6) is 0 Å². The molecule has 4 rings (SSSR count). The third kappa shape index (κ3) is 3.88. The summed E-state index contributed by atoms with van der Waals surface area (Å²) in [5.74, 6) is -0.455. The van der Waals surface area contributed by atoms with E-state index in [1.807, 2.05) is 58.0 Å². The maximum absolute atomic E-state index is 13.0. The number of esters is 1. The maximum atomic E-state index is 13.0. The number of aryl methyl sites for hydroxylation is 2. The second kappa shape index (κ2) is 8.33. The fraction of sp³-hybridized carbons (Fsp3) is 0.423. The molecule has 0 aromatic heterocycles. The van der Waals surface area contributed by atoms with Gasteiger partial charge in [-0.05, 0) is 86.9 Å². The fourth-order valence-electron chi connectivity index (χ4n) is 4.84. The standard InChI is InChI=1S/C26H29ClO4/c1-15(2)30-22-7-5-6-12-26(22)24(28)23(25(29)31-26)21-14-16(3)20(13-17(21)4)18-8-10-19(27)11-9-18/h8-11,13-15,22,28H,5-7,12H2,1-4H3. The number of aliphatic hydroxyl groups is 1. The Balaban J connectivity index is 1.78. The lowest BCUT2D eigenvalue weighted by Crippen LogP contribution is -2.49. The maximum Gasteiger partial charge on any atom is 0.343 e. The van der Waals surface area contributed by atoms with Crippen LogP contribution >= 0.6 is 11.6 Å². The molecule has 1 spiro atoms. The lowest BCUT2D eigenvalue weighted by molar-refractivity contribution is -0.177. The highest BCUT2D eigenvalue weighted by molar-refractivity contribution is 6.30. The molecule has 2 atom stereocenters. The fourth-order valence-corrected chi connectivity index (χ4v) is 4.97. The molecule has 0 amide bonds. The van der Waals surface area contributed by atoms with Gasteiger partial charge >= 0.3 is 5.97 Å². The zero-order valence-corrected chi connectivity index (χ0v) is 19.3. The minimum Gasteiger partial charge on any atom is -0.507 e. The van der Waals surface area contributed by atoms with E-state index in [1.165, 1.54) is 0 Å². The van der Waals surface area contributed by atoms with Crippen LogP contribution < -0.4 is 0 Å². The van der Waals surface area contributed by atoms with Crippen molar-refractivity contribution >= 4 is 23.1 Å². The van der Waals surface area contributed by atoms with Crippen LogP contribution in [-0.4, -0.2) is 28.9 Å². The van der Waals surface area contributed by atoms with Crippen molar-refractivity contribution in [1.82, 2.24) is 0 Å². The number of halogens is 1. The largest absolute Gasteiger partial charge is 0.507 e. The van der Waals surface area contributed by atoms with Gasteiger partial charge in [0.1, 0.15) is 11.7 Å². The van der Waals surface area contributed by atoms with Crippen molar-refractivity contribution in [3.8, 4) is 11.1 Å². The molecule has 1 aliphatic carbocycles. The molecule has 2 unspecified atom stereocenters. The number of rotatable bonds is 4. The van der Waals surface area contributed by atoms with Crippen LogP contribution in [0.3, 0.4) is 0 Å². The van der Waals surface area contributed by atoms with Gasteiger partial charge in [-0.3, -0.25) is 0 Å². The lowest BCUT2D eigenvalue weighted by Gasteiger charge is -2.40. The molecular weight excluding hydrogens is 412 g/mol. The summed E-state index contributed by atoms with van der Waals surface area (Å²) in [5.41, 5.74) is 3.94. The van der Waals surface area contributed by atoms with Gasteiger partial charge in [0.05, 0.1) is 6.10 Å². The molecule has 2 aromatic rings. The Hall–Kier alpha value is -2.30. The molecule has 0 bridgehead atoms. The highest BCUT2D eigenvalue weighted by Gasteiger charge is 2.55. The van der Waals surface area contributed by atoms with Crippen LogP contribution in [0.25, 0.3) is 16.7 Å². The number of benzene rings is 2. The Morgan fingerprint density at radius 3 is 2.42 bits per heavy atom. The first-order valence-corrected chi connectivity index (χ1v) is 11.3. The highest BCUT2D eigenvalue weighted by atomic mass is 35.5. The van der Waals surface area contributed by atoms with E-state index in [0.29, 0.717) is 17.0 Å². The van der Waals surface area contributed by atoms with Gasteiger partial charge in [0.15, 0.2) is 11.4 Å². The van der Waals surface area contributed by atoms with Crippen molar-refractivity contribution < 1.29 is 19.4 Å². The van der Waals surface area contributed by atoms with E-state index in [-0.39, 0.29) is 23.5 Å². The van der Waals surface area contributed by atoms with Crippen molar-refractivity contribution in [2.24, 2.45) is 0 Å². The average molecular weight is 441 g/mol. The number of ether oxygens (including phenoxy) is 2. The second-order valence-electron chi connectivity index (χ2n) is 8.91. The van der Waals surface area contributed by atoms with Crippen molar-refractivity contribution in [3.05, 3.63) is 63.9 Å². The second-order valence-corrected chi connectivity index (χ2v) is 9.35. The van der Waals surface area contributed by atoms with Crippen LogP contribution in [0.2, 0.25) is 5.02 Å². The predicted octanol–water partition coefficient (Wildman–Crippen LogP) is 6.56. The molecule has 2 aliphatic rings. The normalized spacial score (nSPS) is 23.7. The number of carbonyl (C=O) groups excluding carboxylic acids is 1. The van der Waals surface area contributed by atoms with Gasteiger partial charge in [-0.25, -0.2) is 4.79 Å². The monoisotopic (exact) mass is 440 g/mol. The Morgan fingerprint density at radius 1 is 1.10 bits per heavy atom. The molecule has 1 fully saturated rings. The molecule has 0 radical (unpaired) electrons. The Labute approximate surface area is 188 Å². The smallest absolute Gasteiger partial charge is 0.343 e. The zero-order chi connectivity index (χ0) is 22.3. The van der Waals surface area contributed by atoms with Gasteiger partial charge in [-0.15, -0.1) is 0 Å². The first-order chi connectivity index (χ1) is 14.7. The number of carbonyl (C=O) groups is 1. The lowest BCUT2D eigenvalue weighted by atomic mass is 9.79. The molecule has 164 valence electrons. The first-order valence-electron chi connectivity index (χ1n) is 10.9. The van der Waals surface area contributed by atoms with Crippen molar-refractivity contribution in [1.29, 1.82) is 0 Å². The Bertz CT molecular complexity index is 1040. The van der Waals surface area contributed by atoms with Crippen LogP contribution in [0, 0.1) is 13.8 Å². The van der Waals surface area contributed by atoms with E-state index in [1.54, 1.807) is 0 Å². The van der Waals surface area contributed by atoms with E-state index in [0.717, 1.165) is 41.5 Å². The van der Waals surface area contributed by atoms with Crippen LogP contribution in [0.15, 0.2) is 42.2 Å². The van der Waals surface area contributed by atoms with E-state index < -0.39 is 11.6 Å². The molecule has 0 saturated heterocycles. The quantitative estimate of drug-likeness (QED) is 0.547. The number of hydrogen-bond donors (Lipinski definition) is 1. The molecule has 1 heterocycles. The van der Waals surface area contributed by atoms with E-state index >= 15 is 0 Å². The Morgan fingerprint density at radius 2 is 1.74 bits per heavy atom. The molecule has 2 aromatic carbocycles. The summed E-state index contributed by atoms with van der Waals surface area (Å²) >= 11 is 6.03. The minimum atomic E-state index is -1.08. The van der Waals surface area contributed by atoms with Gasteiger partial charge < -0.3 is 14.6 Å². The van der Waals surface area contributed by atoms with Gasteiger partial charge in [0, 0.05) is 5.02 Å². The Kier molecular flexibility index (Phi) is 5.89. The third-order valence-corrected chi connectivity index (χ3v) is 6.59. The predicted molar refractivity (Wildman–Crippen MR) is 123 cm³/mol. The van der Waals surface area contributed by atoms with Crippen LogP contribution in [0.4, 0.5) is 0 Å². The molecule has 1 aliphatic heterocycles. The summed E-state index contributed by atoms with van der Waals surface area (Å²) in [6, 6.07) is 11.7. The third-order valence-electron chi connectivity index (χ3n) is 6.33. The topological polar surface area (TPSA) is 55.8 Å². The number of hydrogen-bond acceptors (Lipinski definition) is 4. The summed E-state index contributed by atoms with van der Waals surface area (Å²) in [7, 11) is 0. The summed E-state index contributed by atoms with van der Waals surface area (Å²) in [5, 5.41) is 12.0. The van der Waals surface area contributed by atoms with Gasteiger partial charge in [0.2, 0.25) is 0 Å². The summed E-state index contributed by atoms with van der Waals surface area (Å²) in [6.45, 7) is 7.88. The van der Waals surface area contributed by atoms with Crippen LogP contribution in [0.1, 0.15) is 56.2 Å². The average Bonchev–Trinajstić information content (AvgIpc) is 2.96. The molecule has 4 nitrogen and oxygen atoms in total.